The first-order valence-electron chi connectivity index (χ1n) is 8.71. The summed E-state index contributed by atoms with van der Waals surface area (Å²) >= 11 is 0. The maximum absolute atomic E-state index is 6.20. The number of rotatable bonds is 4. The van der Waals surface area contributed by atoms with Crippen LogP contribution in [0.2, 0.25) is 0 Å². The van der Waals surface area contributed by atoms with Gasteiger partial charge in [0.05, 0.1) is 17.8 Å². The molecule has 0 atom stereocenters. The lowest BCUT2D eigenvalue weighted by Gasteiger charge is -2.32. The topological polar surface area (TPSA) is 30.9 Å². The van der Waals surface area contributed by atoms with Crippen LogP contribution in [0.3, 0.4) is 0 Å². The number of anilines is 1. The molecule has 0 spiro atoms. The van der Waals surface area contributed by atoms with E-state index in [2.05, 4.69) is 44.7 Å². The third-order valence-electron chi connectivity index (χ3n) is 5.22. The summed E-state index contributed by atoms with van der Waals surface area (Å²) in [4.78, 5) is 2.41. The van der Waals surface area contributed by atoms with Crippen LogP contribution < -0.4 is 15.1 Å². The number of hydrogen-bond donors (Lipinski definition) is 0. The lowest BCUT2D eigenvalue weighted by atomic mass is 9.78. The minimum Gasteiger partial charge on any atom is -0.494 e. The second-order valence-electron chi connectivity index (χ2n) is 7.48. The predicted octanol–water partition coefficient (Wildman–Crippen LogP) is 2.98. The molecule has 3 rings (SSSR count). The average Bonchev–Trinajstić information content (AvgIpc) is 3.06. The second kappa shape index (κ2) is 6.02. The van der Waals surface area contributed by atoms with Gasteiger partial charge in [-0.15, -0.1) is 0 Å². The highest BCUT2D eigenvalue weighted by atomic mass is 16.7. The van der Waals surface area contributed by atoms with E-state index in [1.807, 2.05) is 13.0 Å². The Morgan fingerprint density at radius 2 is 1.65 bits per heavy atom. The van der Waals surface area contributed by atoms with Gasteiger partial charge >= 0.3 is 7.12 Å². The average molecular weight is 317 g/mol. The summed E-state index contributed by atoms with van der Waals surface area (Å²) in [6.45, 7) is 13.2. The molecule has 2 saturated heterocycles. The molecule has 0 radical (unpaired) electrons. The first kappa shape index (κ1) is 16.7. The Balaban J connectivity index is 1.92. The summed E-state index contributed by atoms with van der Waals surface area (Å²) in [6.07, 6.45) is 2.51. The predicted molar refractivity (Wildman–Crippen MR) is 94.8 cm³/mol. The van der Waals surface area contributed by atoms with Gasteiger partial charge in [-0.25, -0.2) is 0 Å². The van der Waals surface area contributed by atoms with Gasteiger partial charge in [-0.3, -0.25) is 0 Å². The van der Waals surface area contributed by atoms with Gasteiger partial charge < -0.3 is 18.9 Å². The van der Waals surface area contributed by atoms with Crippen molar-refractivity contribution in [3.63, 3.8) is 0 Å². The van der Waals surface area contributed by atoms with E-state index in [4.69, 9.17) is 14.0 Å². The van der Waals surface area contributed by atoms with Crippen molar-refractivity contribution in [1.82, 2.24) is 0 Å². The van der Waals surface area contributed by atoms with Crippen LogP contribution >= 0.6 is 0 Å². The van der Waals surface area contributed by atoms with E-state index in [-0.39, 0.29) is 18.3 Å². The smallest absolute Gasteiger partial charge is 0.494 e. The van der Waals surface area contributed by atoms with Gasteiger partial charge in [-0.2, -0.15) is 0 Å². The molecule has 1 aromatic rings. The van der Waals surface area contributed by atoms with Crippen molar-refractivity contribution in [3.05, 3.63) is 18.2 Å². The fraction of sp³-hybridized carbons (Fsp3) is 0.667. The fourth-order valence-electron chi connectivity index (χ4n) is 3.13. The van der Waals surface area contributed by atoms with Crippen molar-refractivity contribution in [2.75, 3.05) is 24.6 Å². The zero-order valence-corrected chi connectivity index (χ0v) is 15.0. The molecule has 0 unspecified atom stereocenters. The molecule has 23 heavy (non-hydrogen) atoms. The molecule has 5 heteroatoms. The fourth-order valence-corrected chi connectivity index (χ4v) is 3.13. The zero-order chi connectivity index (χ0) is 16.7. The van der Waals surface area contributed by atoms with E-state index in [1.165, 1.54) is 18.5 Å². The van der Waals surface area contributed by atoms with Gasteiger partial charge in [-0.05, 0) is 65.1 Å². The standard InChI is InChI=1S/C18H28BNO3/c1-6-21-16-12-14(11-15(13-16)20-9-7-8-10-20)19-22-17(2,3)18(4,5)23-19/h11-13H,6-10H2,1-5H3. The van der Waals surface area contributed by atoms with Crippen molar-refractivity contribution >= 4 is 18.3 Å². The Kier molecular flexibility index (Phi) is 4.36. The largest absolute Gasteiger partial charge is 0.495 e. The quantitative estimate of drug-likeness (QED) is 0.799. The monoisotopic (exact) mass is 317 g/mol. The SMILES string of the molecule is CCOc1cc(B2OC(C)(C)C(C)(C)O2)cc(N2CCCC2)c1. The normalized spacial score (nSPS) is 22.7. The van der Waals surface area contributed by atoms with E-state index in [0.29, 0.717) is 6.61 Å². The van der Waals surface area contributed by atoms with E-state index >= 15 is 0 Å². The van der Waals surface area contributed by atoms with Crippen LogP contribution in [-0.4, -0.2) is 38.0 Å². The summed E-state index contributed by atoms with van der Waals surface area (Å²) in [5.74, 6) is 0.890. The molecular formula is C18H28BNO3. The van der Waals surface area contributed by atoms with E-state index in [9.17, 15) is 0 Å². The molecule has 2 heterocycles. The Labute approximate surface area is 140 Å². The first-order valence-corrected chi connectivity index (χ1v) is 8.71. The highest BCUT2D eigenvalue weighted by Crippen LogP contribution is 2.37. The Hall–Kier alpha value is -1.20. The maximum Gasteiger partial charge on any atom is 0.495 e. The van der Waals surface area contributed by atoms with E-state index in [1.54, 1.807) is 0 Å². The zero-order valence-electron chi connectivity index (χ0n) is 15.0. The second-order valence-corrected chi connectivity index (χ2v) is 7.48. The third kappa shape index (κ3) is 3.22. The number of ether oxygens (including phenoxy) is 1. The molecule has 126 valence electrons. The van der Waals surface area contributed by atoms with E-state index < -0.39 is 0 Å². The Morgan fingerprint density at radius 1 is 1.04 bits per heavy atom. The highest BCUT2D eigenvalue weighted by Gasteiger charge is 2.51. The van der Waals surface area contributed by atoms with Crippen LogP contribution in [-0.2, 0) is 9.31 Å². The van der Waals surface area contributed by atoms with Crippen LogP contribution in [0.5, 0.6) is 5.75 Å². The highest BCUT2D eigenvalue weighted by molar-refractivity contribution is 6.62. The minimum absolute atomic E-state index is 0.326. The maximum atomic E-state index is 6.20. The van der Waals surface area contributed by atoms with Crippen molar-refractivity contribution in [3.8, 4) is 5.75 Å². The van der Waals surface area contributed by atoms with Gasteiger partial charge in [0.25, 0.3) is 0 Å². The van der Waals surface area contributed by atoms with Gasteiger partial charge in [0, 0.05) is 24.8 Å². The molecule has 0 N–H and O–H groups in total. The van der Waals surface area contributed by atoms with Crippen LogP contribution in [0.25, 0.3) is 0 Å². The van der Waals surface area contributed by atoms with Crippen molar-refractivity contribution in [1.29, 1.82) is 0 Å². The molecule has 2 aliphatic rings. The summed E-state index contributed by atoms with van der Waals surface area (Å²) < 4.78 is 18.2. The van der Waals surface area contributed by atoms with Crippen LogP contribution in [0.4, 0.5) is 5.69 Å². The molecule has 2 aliphatic heterocycles. The third-order valence-corrected chi connectivity index (χ3v) is 5.22. The molecule has 1 aromatic carbocycles. The van der Waals surface area contributed by atoms with E-state index in [0.717, 1.165) is 24.3 Å². The number of hydrogen-bond acceptors (Lipinski definition) is 4. The van der Waals surface area contributed by atoms with Crippen molar-refractivity contribution in [2.45, 2.75) is 58.7 Å². The first-order chi connectivity index (χ1) is 10.8. The van der Waals surface area contributed by atoms with Gasteiger partial charge in [0.15, 0.2) is 0 Å². The summed E-state index contributed by atoms with van der Waals surface area (Å²) in [6, 6.07) is 6.37. The summed E-state index contributed by atoms with van der Waals surface area (Å²) in [7, 11) is -0.346. The van der Waals surface area contributed by atoms with Gasteiger partial charge in [0.1, 0.15) is 5.75 Å². The Morgan fingerprint density at radius 3 is 2.22 bits per heavy atom. The van der Waals surface area contributed by atoms with Crippen LogP contribution in [0.1, 0.15) is 47.5 Å². The summed E-state index contributed by atoms with van der Waals surface area (Å²) in [5.41, 5.74) is 1.59. The minimum atomic E-state index is -0.346. The molecule has 0 bridgehead atoms. The van der Waals surface area contributed by atoms with Crippen molar-refractivity contribution in [2.24, 2.45) is 0 Å². The number of benzene rings is 1. The Bertz CT molecular complexity index is 551. The molecule has 0 aliphatic carbocycles. The van der Waals surface area contributed by atoms with Gasteiger partial charge in [0.2, 0.25) is 0 Å². The van der Waals surface area contributed by atoms with Crippen LogP contribution in [0, 0.1) is 0 Å². The van der Waals surface area contributed by atoms with Crippen LogP contribution in [0.15, 0.2) is 18.2 Å². The number of nitrogens with zero attached hydrogens (tertiary/aromatic N) is 1. The summed E-state index contributed by atoms with van der Waals surface area (Å²) in [5, 5.41) is 0. The molecule has 0 aromatic heterocycles. The molecule has 4 nitrogen and oxygen atoms in total. The lowest BCUT2D eigenvalue weighted by molar-refractivity contribution is 0.00578. The molecule has 2 fully saturated rings. The molecular weight excluding hydrogens is 289 g/mol. The van der Waals surface area contributed by atoms with Gasteiger partial charge in [-0.1, -0.05) is 0 Å². The molecule has 0 saturated carbocycles. The van der Waals surface area contributed by atoms with Crippen molar-refractivity contribution < 1.29 is 14.0 Å². The lowest BCUT2D eigenvalue weighted by Crippen LogP contribution is -2.41. The molecule has 0 amide bonds.